The molecule has 0 amide bonds. The Hall–Kier alpha value is -1.62. The highest BCUT2D eigenvalue weighted by atomic mass is 35.5. The predicted molar refractivity (Wildman–Crippen MR) is 98.5 cm³/mol. The lowest BCUT2D eigenvalue weighted by molar-refractivity contribution is 0.464. The van der Waals surface area contributed by atoms with Gasteiger partial charge < -0.3 is 0 Å². The van der Waals surface area contributed by atoms with Crippen LogP contribution in [0.25, 0.3) is 6.08 Å². The molecule has 1 heterocycles. The van der Waals surface area contributed by atoms with Gasteiger partial charge in [0.2, 0.25) is 10.0 Å². The van der Waals surface area contributed by atoms with Crippen molar-refractivity contribution in [2.75, 3.05) is 13.1 Å². The third-order valence-electron chi connectivity index (χ3n) is 4.35. The molecule has 1 fully saturated rings. The molecule has 5 heteroatoms. The number of rotatable bonds is 3. The Morgan fingerprint density at radius 1 is 1.08 bits per heavy atom. The molecule has 3 rings (SSSR count). The van der Waals surface area contributed by atoms with Crippen molar-refractivity contribution in [3.63, 3.8) is 0 Å². The van der Waals surface area contributed by atoms with Gasteiger partial charge in [-0.2, -0.15) is 4.31 Å². The molecule has 1 saturated heterocycles. The normalized spacial score (nSPS) is 20.6. The molecule has 0 bridgehead atoms. The molecule has 1 unspecified atom stereocenters. The first kappa shape index (κ1) is 17.2. The van der Waals surface area contributed by atoms with E-state index in [0.29, 0.717) is 23.0 Å². The lowest BCUT2D eigenvalue weighted by atomic mass is 10.0. The van der Waals surface area contributed by atoms with E-state index in [-0.39, 0.29) is 5.92 Å². The van der Waals surface area contributed by atoms with Crippen molar-refractivity contribution in [3.05, 3.63) is 70.3 Å². The summed E-state index contributed by atoms with van der Waals surface area (Å²) in [5.74, 6) is 0.195. The summed E-state index contributed by atoms with van der Waals surface area (Å²) in [5.41, 5.74) is 3.20. The molecule has 0 aliphatic carbocycles. The SMILES string of the molecule is Cc1ccc(S(=O)(=O)N2C/C(=C/c3ccc(Cl)cc3)C(C)C2)cc1. The van der Waals surface area contributed by atoms with E-state index in [1.54, 1.807) is 16.4 Å². The van der Waals surface area contributed by atoms with Crippen LogP contribution >= 0.6 is 11.6 Å². The molecule has 3 nitrogen and oxygen atoms in total. The Morgan fingerprint density at radius 2 is 1.71 bits per heavy atom. The summed E-state index contributed by atoms with van der Waals surface area (Å²) < 4.78 is 27.2. The first-order chi connectivity index (χ1) is 11.4. The monoisotopic (exact) mass is 361 g/mol. The van der Waals surface area contributed by atoms with Crippen LogP contribution in [0.1, 0.15) is 18.1 Å². The molecule has 0 aromatic heterocycles. The summed E-state index contributed by atoms with van der Waals surface area (Å²) >= 11 is 5.91. The molecule has 0 saturated carbocycles. The summed E-state index contributed by atoms with van der Waals surface area (Å²) in [7, 11) is -3.45. The first-order valence-electron chi connectivity index (χ1n) is 7.89. The van der Waals surface area contributed by atoms with E-state index >= 15 is 0 Å². The van der Waals surface area contributed by atoms with Crippen molar-refractivity contribution in [2.45, 2.75) is 18.7 Å². The standard InChI is InChI=1S/C19H20ClNO2S/c1-14-3-9-19(10-4-14)24(22,23)21-12-15(2)17(13-21)11-16-5-7-18(20)8-6-16/h3-11,15H,12-13H2,1-2H3/b17-11-. The van der Waals surface area contributed by atoms with E-state index in [2.05, 4.69) is 13.0 Å². The maximum absolute atomic E-state index is 12.8. The van der Waals surface area contributed by atoms with Crippen LogP contribution in [-0.4, -0.2) is 25.8 Å². The van der Waals surface area contributed by atoms with Crippen molar-refractivity contribution in [2.24, 2.45) is 5.92 Å². The van der Waals surface area contributed by atoms with Crippen LogP contribution in [0.5, 0.6) is 0 Å². The molecular weight excluding hydrogens is 342 g/mol. The fraction of sp³-hybridized carbons (Fsp3) is 0.263. The van der Waals surface area contributed by atoms with Gasteiger partial charge in [-0.05, 0) is 42.7 Å². The Labute approximate surface area is 148 Å². The van der Waals surface area contributed by atoms with Crippen molar-refractivity contribution in [3.8, 4) is 0 Å². The fourth-order valence-corrected chi connectivity index (χ4v) is 4.49. The van der Waals surface area contributed by atoms with Crippen LogP contribution in [0.15, 0.2) is 59.0 Å². The van der Waals surface area contributed by atoms with Crippen LogP contribution < -0.4 is 0 Å². The van der Waals surface area contributed by atoms with Crippen molar-refractivity contribution in [1.29, 1.82) is 0 Å². The summed E-state index contributed by atoms with van der Waals surface area (Å²) in [4.78, 5) is 0.355. The van der Waals surface area contributed by atoms with E-state index in [4.69, 9.17) is 11.6 Å². The third kappa shape index (κ3) is 3.56. The zero-order valence-electron chi connectivity index (χ0n) is 13.7. The number of sulfonamides is 1. The largest absolute Gasteiger partial charge is 0.243 e. The van der Waals surface area contributed by atoms with Gasteiger partial charge in [0.25, 0.3) is 0 Å². The smallest absolute Gasteiger partial charge is 0.207 e. The highest BCUT2D eigenvalue weighted by Gasteiger charge is 2.33. The van der Waals surface area contributed by atoms with Gasteiger partial charge in [0, 0.05) is 18.1 Å². The summed E-state index contributed by atoms with van der Waals surface area (Å²) in [6.07, 6.45) is 2.06. The van der Waals surface area contributed by atoms with Gasteiger partial charge in [-0.15, -0.1) is 0 Å². The molecule has 0 N–H and O–H groups in total. The molecule has 2 aromatic rings. The molecule has 0 spiro atoms. The van der Waals surface area contributed by atoms with Crippen molar-refractivity contribution in [1.82, 2.24) is 4.31 Å². The van der Waals surface area contributed by atoms with E-state index < -0.39 is 10.0 Å². The zero-order chi connectivity index (χ0) is 17.3. The van der Waals surface area contributed by atoms with Gasteiger partial charge in [0.05, 0.1) is 4.90 Å². The minimum atomic E-state index is -3.45. The first-order valence-corrected chi connectivity index (χ1v) is 9.71. The van der Waals surface area contributed by atoms with E-state index in [0.717, 1.165) is 16.7 Å². The third-order valence-corrected chi connectivity index (χ3v) is 6.43. The molecule has 1 atom stereocenters. The van der Waals surface area contributed by atoms with Crippen molar-refractivity contribution >= 4 is 27.7 Å². The fourth-order valence-electron chi connectivity index (χ4n) is 2.85. The Bertz CT molecular complexity index is 855. The summed E-state index contributed by atoms with van der Waals surface area (Å²) in [6.45, 7) is 4.95. The maximum Gasteiger partial charge on any atom is 0.243 e. The number of aryl methyl sites for hydroxylation is 1. The topological polar surface area (TPSA) is 37.4 Å². The number of halogens is 1. The molecule has 24 heavy (non-hydrogen) atoms. The van der Waals surface area contributed by atoms with Gasteiger partial charge in [-0.3, -0.25) is 0 Å². The lowest BCUT2D eigenvalue weighted by Crippen LogP contribution is -2.28. The summed E-state index contributed by atoms with van der Waals surface area (Å²) in [5, 5.41) is 0.695. The zero-order valence-corrected chi connectivity index (χ0v) is 15.3. The Balaban J connectivity index is 1.84. The van der Waals surface area contributed by atoms with Gasteiger partial charge in [-0.1, -0.05) is 60.0 Å². The molecule has 2 aromatic carbocycles. The van der Waals surface area contributed by atoms with Crippen LogP contribution in [0.3, 0.4) is 0 Å². The van der Waals surface area contributed by atoms with Crippen LogP contribution in [0.4, 0.5) is 0 Å². The second-order valence-electron chi connectivity index (χ2n) is 6.28. The quantitative estimate of drug-likeness (QED) is 0.813. The molecule has 1 aliphatic heterocycles. The van der Waals surface area contributed by atoms with E-state index in [1.807, 2.05) is 43.3 Å². The minimum absolute atomic E-state index is 0.195. The van der Waals surface area contributed by atoms with Crippen LogP contribution in [-0.2, 0) is 10.0 Å². The van der Waals surface area contributed by atoms with Crippen LogP contribution in [0, 0.1) is 12.8 Å². The van der Waals surface area contributed by atoms with Crippen LogP contribution in [0.2, 0.25) is 5.02 Å². The number of nitrogens with zero attached hydrogens (tertiary/aromatic N) is 1. The lowest BCUT2D eigenvalue weighted by Gasteiger charge is -2.15. The average molecular weight is 362 g/mol. The van der Waals surface area contributed by atoms with Gasteiger partial charge in [0.1, 0.15) is 0 Å². The molecular formula is C19H20ClNO2S. The second kappa shape index (κ2) is 6.71. The van der Waals surface area contributed by atoms with Gasteiger partial charge >= 0.3 is 0 Å². The Kier molecular flexibility index (Phi) is 4.81. The molecule has 126 valence electrons. The molecule has 1 aliphatic rings. The minimum Gasteiger partial charge on any atom is -0.207 e. The maximum atomic E-state index is 12.8. The summed E-state index contributed by atoms with van der Waals surface area (Å²) in [6, 6.07) is 14.6. The second-order valence-corrected chi connectivity index (χ2v) is 8.66. The van der Waals surface area contributed by atoms with E-state index in [1.165, 1.54) is 0 Å². The van der Waals surface area contributed by atoms with E-state index in [9.17, 15) is 8.42 Å². The number of hydrogen-bond donors (Lipinski definition) is 0. The highest BCUT2D eigenvalue weighted by Crippen LogP contribution is 2.29. The highest BCUT2D eigenvalue weighted by molar-refractivity contribution is 7.89. The van der Waals surface area contributed by atoms with Gasteiger partial charge in [-0.25, -0.2) is 8.42 Å². The van der Waals surface area contributed by atoms with Crippen molar-refractivity contribution < 1.29 is 8.42 Å². The average Bonchev–Trinajstić information content (AvgIpc) is 2.92. The molecule has 0 radical (unpaired) electrons. The number of benzene rings is 2. The number of hydrogen-bond acceptors (Lipinski definition) is 2. The van der Waals surface area contributed by atoms with Gasteiger partial charge in [0.15, 0.2) is 0 Å². The Morgan fingerprint density at radius 3 is 2.33 bits per heavy atom. The predicted octanol–water partition coefficient (Wildman–Crippen LogP) is 4.37.